The molecule has 0 bridgehead atoms. The van der Waals surface area contributed by atoms with Crippen LogP contribution < -0.4 is 10.2 Å². The second-order valence-corrected chi connectivity index (χ2v) is 8.15. The fraction of sp³-hybridized carbons (Fsp3) is 0.250. The molecule has 5 rings (SSSR count). The van der Waals surface area contributed by atoms with Crippen molar-refractivity contribution in [3.8, 4) is 11.5 Å². The van der Waals surface area contributed by atoms with Crippen molar-refractivity contribution in [2.45, 2.75) is 26.2 Å². The molecular weight excluding hydrogens is 507 g/mol. The molecule has 14 heteroatoms. The van der Waals surface area contributed by atoms with Crippen LogP contribution in [0, 0.1) is 0 Å². The number of pyridine rings is 1. The van der Waals surface area contributed by atoms with E-state index < -0.39 is 29.5 Å². The van der Waals surface area contributed by atoms with Crippen molar-refractivity contribution in [3.05, 3.63) is 71.8 Å². The number of aromatic nitrogens is 5. The number of oxazole rings is 1. The zero-order valence-corrected chi connectivity index (χ0v) is 19.9. The first-order valence-electron chi connectivity index (χ1n) is 11.5. The standard InChI is InChI=1S/C24H20F3N7O4/c1-2-37-23(36)20-32-31-17-13-33(10-11-34(17)20)16-9-8-15(12-28-16)29-21(35)18-19(24(25,26)27)30-22(38-18)14-6-4-3-5-7-14/h3-9,12H,2,10-11,13H2,1H3,(H,29,35). The van der Waals surface area contributed by atoms with Gasteiger partial charge in [0.25, 0.3) is 5.91 Å². The highest BCUT2D eigenvalue weighted by molar-refractivity contribution is 6.03. The van der Waals surface area contributed by atoms with Gasteiger partial charge in [-0.2, -0.15) is 13.2 Å². The minimum atomic E-state index is -4.90. The molecule has 0 saturated heterocycles. The molecule has 3 aromatic heterocycles. The highest BCUT2D eigenvalue weighted by atomic mass is 19.4. The highest BCUT2D eigenvalue weighted by Crippen LogP contribution is 2.35. The number of fused-ring (bicyclic) bond motifs is 1. The smallest absolute Gasteiger partial charge is 0.437 e. The van der Waals surface area contributed by atoms with Crippen molar-refractivity contribution in [2.24, 2.45) is 0 Å². The van der Waals surface area contributed by atoms with Gasteiger partial charge < -0.3 is 23.9 Å². The van der Waals surface area contributed by atoms with Gasteiger partial charge in [0.1, 0.15) is 5.82 Å². The van der Waals surface area contributed by atoms with Crippen molar-refractivity contribution in [1.82, 2.24) is 24.7 Å². The topological polar surface area (TPSA) is 128 Å². The van der Waals surface area contributed by atoms with Crippen molar-refractivity contribution in [3.63, 3.8) is 0 Å². The molecule has 11 nitrogen and oxygen atoms in total. The highest BCUT2D eigenvalue weighted by Gasteiger charge is 2.41. The van der Waals surface area contributed by atoms with Gasteiger partial charge in [-0.05, 0) is 31.2 Å². The van der Waals surface area contributed by atoms with Gasteiger partial charge in [0.15, 0.2) is 11.5 Å². The SMILES string of the molecule is CCOC(=O)c1nnc2n1CCN(c1ccc(NC(=O)c3oc(-c4ccccc4)nc3C(F)(F)F)cn1)C2. The van der Waals surface area contributed by atoms with Gasteiger partial charge in [-0.25, -0.2) is 14.8 Å². The molecular formula is C24H20F3N7O4. The van der Waals surface area contributed by atoms with E-state index in [1.54, 1.807) is 35.8 Å². The molecule has 0 atom stereocenters. The molecule has 38 heavy (non-hydrogen) atoms. The number of benzene rings is 1. The lowest BCUT2D eigenvalue weighted by molar-refractivity contribution is -0.141. The van der Waals surface area contributed by atoms with Crippen molar-refractivity contribution >= 4 is 23.4 Å². The van der Waals surface area contributed by atoms with Crippen LogP contribution in [0.5, 0.6) is 0 Å². The first kappa shape index (κ1) is 24.9. The fourth-order valence-electron chi connectivity index (χ4n) is 3.91. The normalized spacial score (nSPS) is 13.2. The number of anilines is 2. The number of rotatable bonds is 6. The Morgan fingerprint density at radius 2 is 1.89 bits per heavy atom. The van der Waals surface area contributed by atoms with Gasteiger partial charge in [-0.1, -0.05) is 18.2 Å². The van der Waals surface area contributed by atoms with Crippen molar-refractivity contribution in [1.29, 1.82) is 0 Å². The van der Waals surface area contributed by atoms with Crippen LogP contribution in [-0.2, 0) is 24.0 Å². The molecule has 1 amide bonds. The maximum Gasteiger partial charge on any atom is 0.437 e. The molecule has 0 aliphatic carbocycles. The Hall–Kier alpha value is -4.75. The minimum Gasteiger partial charge on any atom is -0.460 e. The largest absolute Gasteiger partial charge is 0.460 e. The van der Waals surface area contributed by atoms with Gasteiger partial charge in [0.05, 0.1) is 25.0 Å². The van der Waals surface area contributed by atoms with Gasteiger partial charge in [0, 0.05) is 18.7 Å². The van der Waals surface area contributed by atoms with Crippen LogP contribution in [0.3, 0.4) is 0 Å². The fourth-order valence-corrected chi connectivity index (χ4v) is 3.91. The number of amides is 1. The third-order valence-electron chi connectivity index (χ3n) is 5.66. The lowest BCUT2D eigenvalue weighted by Gasteiger charge is -2.28. The van der Waals surface area contributed by atoms with Gasteiger partial charge in [0.2, 0.25) is 17.5 Å². The van der Waals surface area contributed by atoms with Crippen LogP contribution in [-0.4, -0.2) is 49.8 Å². The Morgan fingerprint density at radius 1 is 1.11 bits per heavy atom. The molecule has 0 unspecified atom stereocenters. The van der Waals surface area contributed by atoms with Crippen LogP contribution >= 0.6 is 0 Å². The Balaban J connectivity index is 1.30. The van der Waals surface area contributed by atoms with E-state index in [2.05, 4.69) is 25.5 Å². The average Bonchev–Trinajstić information content (AvgIpc) is 3.55. The Bertz CT molecular complexity index is 1470. The molecule has 4 heterocycles. The monoisotopic (exact) mass is 527 g/mol. The molecule has 0 spiro atoms. The summed E-state index contributed by atoms with van der Waals surface area (Å²) in [5.41, 5.74) is -0.956. The summed E-state index contributed by atoms with van der Waals surface area (Å²) in [5.74, 6) is -1.70. The third-order valence-corrected chi connectivity index (χ3v) is 5.66. The summed E-state index contributed by atoms with van der Waals surface area (Å²) in [6, 6.07) is 11.1. The molecule has 1 aliphatic rings. The van der Waals surface area contributed by atoms with E-state index in [1.165, 1.54) is 24.4 Å². The molecule has 196 valence electrons. The molecule has 0 radical (unpaired) electrons. The first-order chi connectivity index (χ1) is 18.2. The first-order valence-corrected chi connectivity index (χ1v) is 11.5. The van der Waals surface area contributed by atoms with Crippen LogP contribution in [0.25, 0.3) is 11.5 Å². The zero-order chi connectivity index (χ0) is 26.9. The van der Waals surface area contributed by atoms with Crippen LogP contribution in [0.1, 0.15) is 39.6 Å². The Morgan fingerprint density at radius 3 is 2.58 bits per heavy atom. The summed E-state index contributed by atoms with van der Waals surface area (Å²) in [6.45, 7) is 3.16. The van der Waals surface area contributed by atoms with Crippen LogP contribution in [0.15, 0.2) is 53.1 Å². The lowest BCUT2D eigenvalue weighted by atomic mass is 10.2. The van der Waals surface area contributed by atoms with Gasteiger partial charge in [-0.15, -0.1) is 10.2 Å². The second-order valence-electron chi connectivity index (χ2n) is 8.15. The van der Waals surface area contributed by atoms with Gasteiger partial charge in [-0.3, -0.25) is 4.79 Å². The number of nitrogens with one attached hydrogen (secondary N) is 1. The summed E-state index contributed by atoms with van der Waals surface area (Å²) < 4.78 is 52.6. The summed E-state index contributed by atoms with van der Waals surface area (Å²) in [6.07, 6.45) is -3.58. The quantitative estimate of drug-likeness (QED) is 0.372. The minimum absolute atomic E-state index is 0.133. The number of hydrogen-bond acceptors (Lipinski definition) is 9. The maximum atomic E-state index is 13.6. The molecule has 4 aromatic rings. The van der Waals surface area contributed by atoms with E-state index in [0.717, 1.165) is 0 Å². The second kappa shape index (κ2) is 9.95. The lowest BCUT2D eigenvalue weighted by Crippen LogP contribution is -2.35. The molecule has 0 saturated carbocycles. The number of halogens is 3. The van der Waals surface area contributed by atoms with E-state index in [4.69, 9.17) is 9.15 Å². The van der Waals surface area contributed by atoms with Gasteiger partial charge >= 0.3 is 12.1 Å². The number of carbonyl (C=O) groups excluding carboxylic acids is 2. The predicted octanol–water partition coefficient (Wildman–Crippen LogP) is 3.80. The van der Waals surface area contributed by atoms with E-state index >= 15 is 0 Å². The van der Waals surface area contributed by atoms with E-state index in [-0.39, 0.29) is 24.0 Å². The van der Waals surface area contributed by atoms with Crippen LogP contribution in [0.2, 0.25) is 0 Å². The third kappa shape index (κ3) is 4.92. The molecule has 1 N–H and O–H groups in total. The number of ether oxygens (including phenoxy) is 1. The van der Waals surface area contributed by atoms with Crippen molar-refractivity contribution in [2.75, 3.05) is 23.4 Å². The average molecular weight is 527 g/mol. The maximum absolute atomic E-state index is 13.6. The van der Waals surface area contributed by atoms with E-state index in [9.17, 15) is 22.8 Å². The summed E-state index contributed by atoms with van der Waals surface area (Å²) in [7, 11) is 0. The number of alkyl halides is 3. The molecule has 1 aliphatic heterocycles. The molecule has 0 fully saturated rings. The number of esters is 1. The van der Waals surface area contributed by atoms with E-state index in [1.807, 2.05) is 4.90 Å². The number of hydrogen-bond donors (Lipinski definition) is 1. The summed E-state index contributed by atoms with van der Waals surface area (Å²) >= 11 is 0. The Labute approximate surface area is 213 Å². The number of carbonyl (C=O) groups is 2. The van der Waals surface area contributed by atoms with E-state index in [0.29, 0.717) is 36.8 Å². The zero-order valence-electron chi connectivity index (χ0n) is 19.9. The summed E-state index contributed by atoms with van der Waals surface area (Å²) in [4.78, 5) is 34.5. The Kier molecular flexibility index (Phi) is 6.53. The van der Waals surface area contributed by atoms with Crippen LogP contribution in [0.4, 0.5) is 24.7 Å². The van der Waals surface area contributed by atoms with Crippen molar-refractivity contribution < 1.29 is 31.9 Å². The summed E-state index contributed by atoms with van der Waals surface area (Å²) in [5, 5.41) is 10.3. The molecule has 1 aromatic carbocycles. The number of nitrogens with zero attached hydrogens (tertiary/aromatic N) is 6. The predicted molar refractivity (Wildman–Crippen MR) is 126 cm³/mol.